The third kappa shape index (κ3) is 69.5. The van der Waals surface area contributed by atoms with Crippen LogP contribution in [0.15, 0.2) is 60.8 Å². The molecule has 0 saturated carbocycles. The number of phosphoric acid groups is 1. The Bertz CT molecular complexity index is 1570. The first-order valence-electron chi connectivity index (χ1n) is 37.2. The van der Waals surface area contributed by atoms with E-state index in [0.717, 1.165) is 70.6 Å². The van der Waals surface area contributed by atoms with Crippen LogP contribution in [-0.4, -0.2) is 73.4 Å². The molecule has 3 atom stereocenters. The van der Waals surface area contributed by atoms with Crippen molar-refractivity contribution >= 4 is 13.7 Å². The first-order chi connectivity index (χ1) is 41.5. The SMILES string of the molecule is CC/C=C\C/C=C\C/C=C\C/C=C\C/C=C\CCCCCCCCCCCCCCCCCCCC(=O)NC(COP(=O)(O)OCC[N+](C)(C)C)C(O)CCCCCCCCCCCCCCCCCCCCCCCCCCCCCCCC. The molecule has 8 nitrogen and oxygen atoms in total. The predicted octanol–water partition coefficient (Wildman–Crippen LogP) is 23.9. The Morgan fingerprint density at radius 1 is 0.412 bits per heavy atom. The molecule has 0 saturated heterocycles. The van der Waals surface area contributed by atoms with Gasteiger partial charge < -0.3 is 19.8 Å². The molecule has 500 valence electrons. The van der Waals surface area contributed by atoms with E-state index in [1.807, 2.05) is 21.1 Å². The van der Waals surface area contributed by atoms with Gasteiger partial charge in [0.25, 0.3) is 0 Å². The van der Waals surface area contributed by atoms with Crippen LogP contribution >= 0.6 is 7.82 Å². The number of quaternary nitrogens is 1. The molecule has 9 heteroatoms. The molecular weight excluding hydrogens is 1070 g/mol. The number of carbonyl (C=O) groups is 1. The third-order valence-corrected chi connectivity index (χ3v) is 18.0. The van der Waals surface area contributed by atoms with Crippen LogP contribution in [0.4, 0.5) is 0 Å². The normalized spacial score (nSPS) is 13.9. The van der Waals surface area contributed by atoms with Gasteiger partial charge in [0.05, 0.1) is 39.9 Å². The van der Waals surface area contributed by atoms with Gasteiger partial charge in [0.2, 0.25) is 5.91 Å². The Morgan fingerprint density at radius 3 is 1.04 bits per heavy atom. The second-order valence-corrected chi connectivity index (χ2v) is 28.1. The van der Waals surface area contributed by atoms with E-state index in [2.05, 4.69) is 79.9 Å². The van der Waals surface area contributed by atoms with Crippen LogP contribution in [0, 0.1) is 0 Å². The van der Waals surface area contributed by atoms with Crippen molar-refractivity contribution in [2.24, 2.45) is 0 Å². The zero-order valence-electron chi connectivity index (χ0n) is 57.4. The maximum Gasteiger partial charge on any atom is 0.472 e. The molecule has 0 aliphatic rings. The summed E-state index contributed by atoms with van der Waals surface area (Å²) in [5.74, 6) is -0.139. The standard InChI is InChI=1S/C76H145N2O6P/c1-6-8-10-12-14-16-18-20-22-24-26-28-30-32-34-36-38-39-40-42-44-46-48-50-52-54-56-58-60-62-64-66-68-70-76(80)77-74(73-84-85(81,82)83-72-71-78(3,4)5)75(79)69-67-65-63-61-59-57-55-53-51-49-47-45-43-41-37-35-33-31-29-27-25-23-21-19-17-15-13-11-9-7-2/h8,10,14,16,20,22,26,28,32,34,74-75,79H,6-7,9,11-13,15,17-19,21,23-25,27,29-31,33,35-73H2,1-5H3,(H-,77,80,81,82)/p+1/b10-8-,16-14-,22-20-,28-26-,34-32-. The summed E-state index contributed by atoms with van der Waals surface area (Å²) in [5, 5.41) is 14.2. The highest BCUT2D eigenvalue weighted by Crippen LogP contribution is 2.43. The number of rotatable bonds is 69. The van der Waals surface area contributed by atoms with Crippen molar-refractivity contribution in [1.29, 1.82) is 0 Å². The Hall–Kier alpha value is -1.80. The lowest BCUT2D eigenvalue weighted by molar-refractivity contribution is -0.870. The fourth-order valence-electron chi connectivity index (χ4n) is 11.3. The minimum atomic E-state index is -4.33. The van der Waals surface area contributed by atoms with Gasteiger partial charge in [-0.3, -0.25) is 13.8 Å². The summed E-state index contributed by atoms with van der Waals surface area (Å²) in [6.07, 6.45) is 92.0. The van der Waals surface area contributed by atoms with Crippen molar-refractivity contribution in [3.05, 3.63) is 60.8 Å². The number of hydrogen-bond donors (Lipinski definition) is 3. The first kappa shape index (κ1) is 83.2. The van der Waals surface area contributed by atoms with E-state index in [0.29, 0.717) is 23.9 Å². The molecule has 0 aromatic heterocycles. The molecule has 0 rings (SSSR count). The van der Waals surface area contributed by atoms with Crippen molar-refractivity contribution in [3.8, 4) is 0 Å². The summed E-state index contributed by atoms with van der Waals surface area (Å²) in [6, 6.07) is -0.764. The van der Waals surface area contributed by atoms with E-state index in [-0.39, 0.29) is 19.1 Å². The Morgan fingerprint density at radius 2 is 0.706 bits per heavy atom. The van der Waals surface area contributed by atoms with Crippen LogP contribution in [0.3, 0.4) is 0 Å². The maximum absolute atomic E-state index is 13.1. The summed E-state index contributed by atoms with van der Waals surface area (Å²) < 4.78 is 23.9. The largest absolute Gasteiger partial charge is 0.472 e. The van der Waals surface area contributed by atoms with Gasteiger partial charge in [0, 0.05) is 6.42 Å². The highest BCUT2D eigenvalue weighted by Gasteiger charge is 2.28. The molecular formula is C76H146N2O6P+. The predicted molar refractivity (Wildman–Crippen MR) is 374 cm³/mol. The molecule has 0 aliphatic heterocycles. The number of unbranched alkanes of at least 4 members (excludes halogenated alkanes) is 46. The second kappa shape index (κ2) is 66.6. The van der Waals surface area contributed by atoms with Gasteiger partial charge in [-0.15, -0.1) is 0 Å². The van der Waals surface area contributed by atoms with Gasteiger partial charge in [-0.2, -0.15) is 0 Å². The molecule has 0 aromatic carbocycles. The number of phosphoric ester groups is 1. The molecule has 0 radical (unpaired) electrons. The van der Waals surface area contributed by atoms with E-state index in [1.54, 1.807) is 0 Å². The molecule has 0 aliphatic carbocycles. The lowest BCUT2D eigenvalue weighted by Crippen LogP contribution is -2.46. The number of amides is 1. The van der Waals surface area contributed by atoms with Crippen LogP contribution < -0.4 is 5.32 Å². The fourth-order valence-corrected chi connectivity index (χ4v) is 12.1. The van der Waals surface area contributed by atoms with E-state index in [9.17, 15) is 19.4 Å². The minimum Gasteiger partial charge on any atom is -0.391 e. The average Bonchev–Trinajstić information content (AvgIpc) is 3.49. The molecule has 85 heavy (non-hydrogen) atoms. The van der Waals surface area contributed by atoms with Crippen LogP contribution in [0.25, 0.3) is 0 Å². The van der Waals surface area contributed by atoms with Gasteiger partial charge >= 0.3 is 7.82 Å². The van der Waals surface area contributed by atoms with E-state index in [4.69, 9.17) is 9.05 Å². The smallest absolute Gasteiger partial charge is 0.391 e. The zero-order chi connectivity index (χ0) is 61.9. The molecule has 1 amide bonds. The van der Waals surface area contributed by atoms with Gasteiger partial charge in [-0.1, -0.05) is 364 Å². The lowest BCUT2D eigenvalue weighted by atomic mass is 10.0. The zero-order valence-corrected chi connectivity index (χ0v) is 58.3. The summed E-state index contributed by atoms with van der Waals surface area (Å²) in [6.45, 7) is 4.83. The molecule has 3 unspecified atom stereocenters. The summed E-state index contributed by atoms with van der Waals surface area (Å²) >= 11 is 0. The Labute approximate surface area is 530 Å². The quantitative estimate of drug-likeness (QED) is 0.0243. The van der Waals surface area contributed by atoms with Crippen LogP contribution in [0.2, 0.25) is 0 Å². The van der Waals surface area contributed by atoms with E-state index >= 15 is 0 Å². The molecule has 3 N–H and O–H groups in total. The van der Waals surface area contributed by atoms with E-state index < -0.39 is 20.0 Å². The number of nitrogens with zero attached hydrogens (tertiary/aromatic N) is 1. The fraction of sp³-hybridized carbons (Fsp3) is 0.855. The van der Waals surface area contributed by atoms with Crippen LogP contribution in [-0.2, 0) is 18.4 Å². The summed E-state index contributed by atoms with van der Waals surface area (Å²) in [4.78, 5) is 23.5. The number of hydrogen-bond acceptors (Lipinski definition) is 5. The van der Waals surface area contributed by atoms with Crippen molar-refractivity contribution in [2.75, 3.05) is 40.9 Å². The average molecular weight is 1210 g/mol. The van der Waals surface area contributed by atoms with Crippen molar-refractivity contribution in [1.82, 2.24) is 5.32 Å². The van der Waals surface area contributed by atoms with Crippen molar-refractivity contribution < 1.29 is 32.9 Å². The lowest BCUT2D eigenvalue weighted by Gasteiger charge is -2.26. The molecule has 0 heterocycles. The number of carbonyl (C=O) groups excluding carboxylic acids is 1. The first-order valence-corrected chi connectivity index (χ1v) is 38.6. The number of likely N-dealkylation sites (N-methyl/N-ethyl adjacent to an activating group) is 1. The molecule has 0 bridgehead atoms. The Kier molecular flexibility index (Phi) is 65.2. The number of aliphatic hydroxyl groups excluding tert-OH is 1. The molecule has 0 fully saturated rings. The highest BCUT2D eigenvalue weighted by molar-refractivity contribution is 7.47. The number of nitrogens with one attached hydrogen (secondary N) is 1. The van der Waals surface area contributed by atoms with Gasteiger partial charge in [0.1, 0.15) is 13.2 Å². The number of allylic oxidation sites excluding steroid dienone is 10. The van der Waals surface area contributed by atoms with E-state index in [1.165, 1.54) is 270 Å². The third-order valence-electron chi connectivity index (χ3n) is 17.0. The molecule has 0 aromatic rings. The van der Waals surface area contributed by atoms with Gasteiger partial charge in [-0.05, 0) is 57.8 Å². The van der Waals surface area contributed by atoms with Crippen molar-refractivity contribution in [3.63, 3.8) is 0 Å². The monoisotopic (exact) mass is 1210 g/mol. The maximum atomic E-state index is 13.1. The van der Waals surface area contributed by atoms with Gasteiger partial charge in [0.15, 0.2) is 0 Å². The van der Waals surface area contributed by atoms with Crippen LogP contribution in [0.1, 0.15) is 367 Å². The summed E-state index contributed by atoms with van der Waals surface area (Å²) in [7, 11) is 1.63. The van der Waals surface area contributed by atoms with Gasteiger partial charge in [-0.25, -0.2) is 4.57 Å². The minimum absolute atomic E-state index is 0.0752. The summed E-state index contributed by atoms with van der Waals surface area (Å²) in [5.41, 5.74) is 0. The second-order valence-electron chi connectivity index (χ2n) is 26.7. The number of aliphatic hydroxyl groups is 1. The van der Waals surface area contributed by atoms with Crippen LogP contribution in [0.5, 0.6) is 0 Å². The highest BCUT2D eigenvalue weighted by atomic mass is 31.2. The Balaban J connectivity index is 3.98. The van der Waals surface area contributed by atoms with Crippen molar-refractivity contribution in [2.45, 2.75) is 379 Å². The topological polar surface area (TPSA) is 105 Å². The molecule has 0 spiro atoms.